The van der Waals surface area contributed by atoms with Crippen LogP contribution in [0.25, 0.3) is 0 Å². The molecule has 1 N–H and O–H groups in total. The number of carbonyl (C=O) groups excluding carboxylic acids is 2. The molecule has 1 aliphatic heterocycles. The van der Waals surface area contributed by atoms with Gasteiger partial charge in [0.25, 0.3) is 0 Å². The van der Waals surface area contributed by atoms with E-state index in [2.05, 4.69) is 5.32 Å². The zero-order valence-corrected chi connectivity index (χ0v) is 13.6. The maximum absolute atomic E-state index is 12.1. The number of amides is 2. The van der Waals surface area contributed by atoms with E-state index >= 15 is 0 Å². The number of hydrogen-bond acceptors (Lipinski definition) is 3. The van der Waals surface area contributed by atoms with E-state index in [4.69, 9.17) is 4.74 Å². The Balaban J connectivity index is 1.62. The predicted molar refractivity (Wildman–Crippen MR) is 91.7 cm³/mol. The molecule has 0 saturated carbocycles. The molecule has 1 heterocycles. The van der Waals surface area contributed by atoms with Gasteiger partial charge in [0.15, 0.2) is 0 Å². The van der Waals surface area contributed by atoms with Crippen molar-refractivity contribution < 1.29 is 14.3 Å². The molecular weight excluding hydrogens is 304 g/mol. The van der Waals surface area contributed by atoms with Crippen LogP contribution in [0.5, 0.6) is 5.75 Å². The minimum atomic E-state index is -0.281. The molecule has 2 aromatic rings. The van der Waals surface area contributed by atoms with E-state index < -0.39 is 0 Å². The highest BCUT2D eigenvalue weighted by Gasteiger charge is 2.34. The summed E-state index contributed by atoms with van der Waals surface area (Å²) in [6.45, 7) is 0.921. The summed E-state index contributed by atoms with van der Waals surface area (Å²) < 4.78 is 5.75. The molecule has 5 nitrogen and oxygen atoms in total. The van der Waals surface area contributed by atoms with Gasteiger partial charge in [0.1, 0.15) is 12.4 Å². The highest BCUT2D eigenvalue weighted by molar-refractivity contribution is 6.00. The summed E-state index contributed by atoms with van der Waals surface area (Å²) in [7, 11) is 1.59. The van der Waals surface area contributed by atoms with Crippen molar-refractivity contribution in [3.63, 3.8) is 0 Å². The van der Waals surface area contributed by atoms with E-state index in [-0.39, 0.29) is 24.2 Å². The second-order valence-corrected chi connectivity index (χ2v) is 5.79. The van der Waals surface area contributed by atoms with Crippen LogP contribution in [-0.2, 0) is 16.2 Å². The maximum atomic E-state index is 12.1. The largest absolute Gasteiger partial charge is 0.489 e. The summed E-state index contributed by atoms with van der Waals surface area (Å²) in [5, 5.41) is 2.60. The van der Waals surface area contributed by atoms with Gasteiger partial charge in [-0.25, -0.2) is 0 Å². The minimum absolute atomic E-state index is 0.0263. The number of nitrogens with one attached hydrogen (secondary N) is 1. The van der Waals surface area contributed by atoms with Gasteiger partial charge in [0.2, 0.25) is 11.8 Å². The van der Waals surface area contributed by atoms with Crippen LogP contribution in [0.1, 0.15) is 12.0 Å². The molecular formula is C19H20N2O3. The molecule has 1 unspecified atom stereocenters. The van der Waals surface area contributed by atoms with E-state index in [1.807, 2.05) is 54.6 Å². The van der Waals surface area contributed by atoms with Crippen LogP contribution < -0.4 is 15.0 Å². The number of carbonyl (C=O) groups is 2. The van der Waals surface area contributed by atoms with E-state index in [9.17, 15) is 9.59 Å². The van der Waals surface area contributed by atoms with Crippen molar-refractivity contribution in [2.75, 3.05) is 18.5 Å². The summed E-state index contributed by atoms with van der Waals surface area (Å²) in [5.74, 6) is 0.351. The molecule has 3 rings (SSSR count). The van der Waals surface area contributed by atoms with Gasteiger partial charge in [-0.05, 0) is 29.8 Å². The van der Waals surface area contributed by atoms with Crippen molar-refractivity contribution in [2.24, 2.45) is 5.92 Å². The molecule has 1 aliphatic rings. The SMILES string of the molecule is CNC(=O)C1CC(=O)N(c2ccc(OCc3ccccc3)cc2)C1. The third-order valence-corrected chi connectivity index (χ3v) is 4.14. The average Bonchev–Trinajstić information content (AvgIpc) is 3.02. The Morgan fingerprint density at radius 2 is 1.88 bits per heavy atom. The molecule has 0 spiro atoms. The average molecular weight is 324 g/mol. The Kier molecular flexibility index (Phi) is 4.79. The third kappa shape index (κ3) is 3.56. The van der Waals surface area contributed by atoms with Gasteiger partial charge >= 0.3 is 0 Å². The molecule has 2 aromatic carbocycles. The molecule has 24 heavy (non-hydrogen) atoms. The standard InChI is InChI=1S/C19H20N2O3/c1-20-19(23)15-11-18(22)21(12-15)16-7-9-17(10-8-16)24-13-14-5-3-2-4-6-14/h2-10,15H,11-13H2,1H3,(H,20,23). The minimum Gasteiger partial charge on any atom is -0.489 e. The van der Waals surface area contributed by atoms with Crippen LogP contribution in [0.2, 0.25) is 0 Å². The Hall–Kier alpha value is -2.82. The quantitative estimate of drug-likeness (QED) is 0.918. The molecule has 0 bridgehead atoms. The first-order chi connectivity index (χ1) is 11.7. The molecule has 0 radical (unpaired) electrons. The monoisotopic (exact) mass is 324 g/mol. The first-order valence-electron chi connectivity index (χ1n) is 7.96. The fourth-order valence-electron chi connectivity index (χ4n) is 2.80. The van der Waals surface area contributed by atoms with Gasteiger partial charge in [-0.3, -0.25) is 9.59 Å². The predicted octanol–water partition coefficient (Wildman–Crippen LogP) is 2.36. The van der Waals surface area contributed by atoms with Crippen LogP contribution in [-0.4, -0.2) is 25.4 Å². The summed E-state index contributed by atoms with van der Waals surface area (Å²) >= 11 is 0. The third-order valence-electron chi connectivity index (χ3n) is 4.14. The lowest BCUT2D eigenvalue weighted by molar-refractivity contribution is -0.125. The molecule has 0 aliphatic carbocycles. The summed E-state index contributed by atoms with van der Waals surface area (Å²) in [6, 6.07) is 17.3. The smallest absolute Gasteiger partial charge is 0.227 e. The second kappa shape index (κ2) is 7.17. The number of benzene rings is 2. The normalized spacial score (nSPS) is 17.0. The lowest BCUT2D eigenvalue weighted by Crippen LogP contribution is -2.30. The highest BCUT2D eigenvalue weighted by atomic mass is 16.5. The van der Waals surface area contributed by atoms with Gasteiger partial charge in [0, 0.05) is 25.7 Å². The zero-order valence-electron chi connectivity index (χ0n) is 13.6. The number of hydrogen-bond donors (Lipinski definition) is 1. The van der Waals surface area contributed by atoms with Crippen LogP contribution in [0, 0.1) is 5.92 Å². The molecule has 124 valence electrons. The van der Waals surface area contributed by atoms with Crippen LogP contribution in [0.4, 0.5) is 5.69 Å². The van der Waals surface area contributed by atoms with Crippen LogP contribution in [0.3, 0.4) is 0 Å². The highest BCUT2D eigenvalue weighted by Crippen LogP contribution is 2.27. The molecule has 2 amide bonds. The first-order valence-corrected chi connectivity index (χ1v) is 7.96. The molecule has 0 aromatic heterocycles. The number of rotatable bonds is 5. The summed E-state index contributed by atoms with van der Waals surface area (Å²) in [4.78, 5) is 25.5. The van der Waals surface area contributed by atoms with Gasteiger partial charge in [0.05, 0.1) is 5.92 Å². The van der Waals surface area contributed by atoms with Crippen LogP contribution in [0.15, 0.2) is 54.6 Å². The van der Waals surface area contributed by atoms with Crippen LogP contribution >= 0.6 is 0 Å². The Morgan fingerprint density at radius 3 is 2.54 bits per heavy atom. The Bertz CT molecular complexity index is 713. The van der Waals surface area contributed by atoms with Crippen molar-refractivity contribution in [1.29, 1.82) is 0 Å². The van der Waals surface area contributed by atoms with Crippen molar-refractivity contribution in [1.82, 2.24) is 5.32 Å². The lowest BCUT2D eigenvalue weighted by Gasteiger charge is -2.17. The van der Waals surface area contributed by atoms with Gasteiger partial charge in [-0.2, -0.15) is 0 Å². The van der Waals surface area contributed by atoms with E-state index in [0.29, 0.717) is 13.2 Å². The van der Waals surface area contributed by atoms with E-state index in [1.54, 1.807) is 11.9 Å². The maximum Gasteiger partial charge on any atom is 0.227 e. The van der Waals surface area contributed by atoms with E-state index in [1.165, 1.54) is 0 Å². The zero-order chi connectivity index (χ0) is 16.9. The number of ether oxygens (including phenoxy) is 1. The number of anilines is 1. The Labute approximate surface area is 141 Å². The summed E-state index contributed by atoms with van der Waals surface area (Å²) in [6.07, 6.45) is 0.256. The second-order valence-electron chi connectivity index (χ2n) is 5.79. The van der Waals surface area contributed by atoms with Crippen molar-refractivity contribution in [3.05, 3.63) is 60.2 Å². The van der Waals surface area contributed by atoms with Gasteiger partial charge in [-0.1, -0.05) is 30.3 Å². The lowest BCUT2D eigenvalue weighted by atomic mass is 10.1. The van der Waals surface area contributed by atoms with Crippen molar-refractivity contribution in [3.8, 4) is 5.75 Å². The molecule has 1 saturated heterocycles. The van der Waals surface area contributed by atoms with Gasteiger partial charge in [-0.15, -0.1) is 0 Å². The van der Waals surface area contributed by atoms with E-state index in [0.717, 1.165) is 17.0 Å². The van der Waals surface area contributed by atoms with Crippen molar-refractivity contribution >= 4 is 17.5 Å². The molecule has 1 atom stereocenters. The van der Waals surface area contributed by atoms with Crippen molar-refractivity contribution in [2.45, 2.75) is 13.0 Å². The molecule has 5 heteroatoms. The fourth-order valence-corrected chi connectivity index (χ4v) is 2.80. The summed E-state index contributed by atoms with van der Waals surface area (Å²) in [5.41, 5.74) is 1.89. The fraction of sp³-hybridized carbons (Fsp3) is 0.263. The first kappa shape index (κ1) is 16.1. The number of nitrogens with zero attached hydrogens (tertiary/aromatic N) is 1. The topological polar surface area (TPSA) is 58.6 Å². The van der Waals surface area contributed by atoms with Gasteiger partial charge < -0.3 is 15.0 Å². The molecule has 1 fully saturated rings. The Morgan fingerprint density at radius 1 is 1.17 bits per heavy atom.